The second-order valence-electron chi connectivity index (χ2n) is 7.42. The number of hydrogen-bond donors (Lipinski definition) is 1. The molecule has 2 aromatic carbocycles. The molecule has 3 nitrogen and oxygen atoms in total. The smallest absolute Gasteiger partial charge is 0.0431 e. The lowest BCUT2D eigenvalue weighted by molar-refractivity contribution is 0.0923. The molecule has 1 fully saturated rings. The third-order valence-corrected chi connectivity index (χ3v) is 7.11. The molecule has 0 saturated carbocycles. The van der Waals surface area contributed by atoms with Crippen LogP contribution < -0.4 is 0 Å². The quantitative estimate of drug-likeness (QED) is 0.746. The molecule has 0 radical (unpaired) electrons. The fraction of sp³-hybridized carbons (Fsp3) is 0.455. The molecule has 1 saturated heterocycles. The summed E-state index contributed by atoms with van der Waals surface area (Å²) in [6.45, 7) is 5.78. The molecule has 0 bridgehead atoms. The predicted octanol–water partition coefficient (Wildman–Crippen LogP) is 4.48. The van der Waals surface area contributed by atoms with E-state index in [0.29, 0.717) is 12.6 Å². The number of piperazine rings is 1. The number of aliphatic hydroxyl groups excluding tert-OH is 1. The first kappa shape index (κ1) is 19.3. The highest BCUT2D eigenvalue weighted by molar-refractivity contribution is 7.99. The van der Waals surface area contributed by atoms with Crippen molar-refractivity contribution in [1.82, 2.24) is 9.80 Å². The SMILES string of the molecule is OCCCCN1CCN(C2Cc3ccccc3Sc3ccc(Cl)cc32)CC1. The van der Waals surface area contributed by atoms with Crippen molar-refractivity contribution < 1.29 is 5.11 Å². The van der Waals surface area contributed by atoms with Gasteiger partial charge in [-0.1, -0.05) is 41.6 Å². The number of unbranched alkanes of at least 4 members (excludes halogenated alkanes) is 1. The number of halogens is 1. The van der Waals surface area contributed by atoms with Crippen LogP contribution in [0, 0.1) is 0 Å². The molecule has 27 heavy (non-hydrogen) atoms. The van der Waals surface area contributed by atoms with Crippen molar-refractivity contribution >= 4 is 23.4 Å². The Morgan fingerprint density at radius 2 is 1.81 bits per heavy atom. The molecular weight excluding hydrogens is 376 g/mol. The Bertz CT molecular complexity index is 777. The van der Waals surface area contributed by atoms with E-state index in [1.807, 2.05) is 17.8 Å². The Labute approximate surface area is 171 Å². The molecular formula is C22H27ClN2OS. The molecule has 2 aliphatic heterocycles. The number of nitrogens with zero attached hydrogens (tertiary/aromatic N) is 2. The Kier molecular flexibility index (Phi) is 6.41. The summed E-state index contributed by atoms with van der Waals surface area (Å²) in [5, 5.41) is 9.82. The van der Waals surface area contributed by atoms with Crippen LogP contribution in [0.5, 0.6) is 0 Å². The number of fused-ring (bicyclic) bond motifs is 2. The summed E-state index contributed by atoms with van der Waals surface area (Å²) in [4.78, 5) is 7.87. The molecule has 5 heteroatoms. The molecule has 2 aromatic rings. The maximum absolute atomic E-state index is 8.99. The van der Waals surface area contributed by atoms with E-state index in [1.54, 1.807) is 0 Å². The summed E-state index contributed by atoms with van der Waals surface area (Å²) in [6.07, 6.45) is 3.03. The second-order valence-corrected chi connectivity index (χ2v) is 8.94. The Hall–Kier alpha value is -1.04. The summed E-state index contributed by atoms with van der Waals surface area (Å²) in [6, 6.07) is 15.5. The second kappa shape index (κ2) is 8.97. The highest BCUT2D eigenvalue weighted by atomic mass is 35.5. The highest BCUT2D eigenvalue weighted by Gasteiger charge is 2.30. The van der Waals surface area contributed by atoms with E-state index in [2.05, 4.69) is 46.2 Å². The first-order chi connectivity index (χ1) is 13.2. The molecule has 4 rings (SSSR count). The maximum atomic E-state index is 8.99. The van der Waals surface area contributed by atoms with Crippen molar-refractivity contribution in [3.05, 3.63) is 58.6 Å². The van der Waals surface area contributed by atoms with Gasteiger partial charge in [0.15, 0.2) is 0 Å². The average molecular weight is 403 g/mol. The highest BCUT2D eigenvalue weighted by Crippen LogP contribution is 2.43. The van der Waals surface area contributed by atoms with Crippen LogP contribution in [0.2, 0.25) is 5.02 Å². The largest absolute Gasteiger partial charge is 0.396 e. The molecule has 2 aliphatic rings. The molecule has 0 amide bonds. The molecule has 1 unspecified atom stereocenters. The van der Waals surface area contributed by atoms with Crippen LogP contribution in [0.3, 0.4) is 0 Å². The van der Waals surface area contributed by atoms with Crippen LogP contribution in [0.1, 0.15) is 30.0 Å². The van der Waals surface area contributed by atoms with Crippen LogP contribution >= 0.6 is 23.4 Å². The molecule has 1 N–H and O–H groups in total. The monoisotopic (exact) mass is 402 g/mol. The summed E-state index contributed by atoms with van der Waals surface area (Å²) >= 11 is 8.26. The summed E-state index contributed by atoms with van der Waals surface area (Å²) < 4.78 is 0. The van der Waals surface area contributed by atoms with Gasteiger partial charge in [-0.05, 0) is 61.2 Å². The van der Waals surface area contributed by atoms with Gasteiger partial charge >= 0.3 is 0 Å². The van der Waals surface area contributed by atoms with Crippen LogP contribution in [-0.4, -0.2) is 54.2 Å². The lowest BCUT2D eigenvalue weighted by atomic mass is 9.96. The van der Waals surface area contributed by atoms with Crippen LogP contribution in [0.15, 0.2) is 52.3 Å². The van der Waals surface area contributed by atoms with Crippen molar-refractivity contribution in [2.24, 2.45) is 0 Å². The van der Waals surface area contributed by atoms with Gasteiger partial charge < -0.3 is 10.0 Å². The lowest BCUT2D eigenvalue weighted by Crippen LogP contribution is -2.48. The van der Waals surface area contributed by atoms with Crippen molar-refractivity contribution in [3.8, 4) is 0 Å². The van der Waals surface area contributed by atoms with Gasteiger partial charge in [-0.3, -0.25) is 4.90 Å². The minimum absolute atomic E-state index is 0.302. The molecule has 144 valence electrons. The van der Waals surface area contributed by atoms with E-state index in [-0.39, 0.29) is 0 Å². The third kappa shape index (κ3) is 4.52. The number of hydrogen-bond acceptors (Lipinski definition) is 4. The van der Waals surface area contributed by atoms with E-state index in [1.165, 1.54) is 20.9 Å². The molecule has 0 aromatic heterocycles. The first-order valence-electron chi connectivity index (χ1n) is 9.87. The van der Waals surface area contributed by atoms with Gasteiger partial charge in [0.25, 0.3) is 0 Å². The molecule has 2 heterocycles. The van der Waals surface area contributed by atoms with Gasteiger partial charge in [0.1, 0.15) is 0 Å². The zero-order chi connectivity index (χ0) is 18.6. The van der Waals surface area contributed by atoms with Gasteiger partial charge in [-0.2, -0.15) is 0 Å². The Balaban J connectivity index is 1.54. The predicted molar refractivity (Wildman–Crippen MR) is 113 cm³/mol. The topological polar surface area (TPSA) is 26.7 Å². The minimum atomic E-state index is 0.302. The lowest BCUT2D eigenvalue weighted by Gasteiger charge is -2.39. The zero-order valence-electron chi connectivity index (χ0n) is 15.6. The van der Waals surface area contributed by atoms with Crippen LogP contribution in [-0.2, 0) is 6.42 Å². The van der Waals surface area contributed by atoms with Crippen molar-refractivity contribution in [3.63, 3.8) is 0 Å². The van der Waals surface area contributed by atoms with Crippen molar-refractivity contribution in [1.29, 1.82) is 0 Å². The number of rotatable bonds is 5. The first-order valence-corrected chi connectivity index (χ1v) is 11.1. The van der Waals surface area contributed by atoms with Gasteiger partial charge in [0, 0.05) is 53.6 Å². The van der Waals surface area contributed by atoms with Crippen LogP contribution in [0.4, 0.5) is 0 Å². The zero-order valence-corrected chi connectivity index (χ0v) is 17.2. The molecule has 0 spiro atoms. The van der Waals surface area contributed by atoms with E-state index in [0.717, 1.165) is 57.0 Å². The number of benzene rings is 2. The van der Waals surface area contributed by atoms with Crippen LogP contribution in [0.25, 0.3) is 0 Å². The fourth-order valence-corrected chi connectivity index (χ4v) is 5.45. The molecule has 0 aliphatic carbocycles. The minimum Gasteiger partial charge on any atom is -0.396 e. The average Bonchev–Trinajstić information content (AvgIpc) is 2.85. The van der Waals surface area contributed by atoms with E-state index in [9.17, 15) is 0 Å². The molecule has 1 atom stereocenters. The summed E-state index contributed by atoms with van der Waals surface area (Å²) in [5.74, 6) is 0. The van der Waals surface area contributed by atoms with Gasteiger partial charge in [0.05, 0.1) is 0 Å². The van der Waals surface area contributed by atoms with Gasteiger partial charge in [-0.15, -0.1) is 0 Å². The van der Waals surface area contributed by atoms with E-state index >= 15 is 0 Å². The normalized spacial score (nSPS) is 20.7. The van der Waals surface area contributed by atoms with E-state index < -0.39 is 0 Å². The maximum Gasteiger partial charge on any atom is 0.0431 e. The Morgan fingerprint density at radius 1 is 1.00 bits per heavy atom. The third-order valence-electron chi connectivity index (χ3n) is 5.67. The van der Waals surface area contributed by atoms with Gasteiger partial charge in [-0.25, -0.2) is 0 Å². The van der Waals surface area contributed by atoms with Crippen molar-refractivity contribution in [2.75, 3.05) is 39.3 Å². The standard InChI is InChI=1S/C22H27ClN2OS/c23-18-7-8-22-19(16-18)20(15-17-5-1-2-6-21(17)27-22)25-12-10-24(11-13-25)9-3-4-14-26/h1-2,5-8,16,20,26H,3-4,9-15H2. The number of aliphatic hydroxyl groups is 1. The van der Waals surface area contributed by atoms with Gasteiger partial charge in [0.2, 0.25) is 0 Å². The summed E-state index contributed by atoms with van der Waals surface area (Å²) in [7, 11) is 0. The summed E-state index contributed by atoms with van der Waals surface area (Å²) in [5.41, 5.74) is 2.81. The Morgan fingerprint density at radius 3 is 2.63 bits per heavy atom. The van der Waals surface area contributed by atoms with E-state index in [4.69, 9.17) is 16.7 Å². The van der Waals surface area contributed by atoms with Crippen molar-refractivity contribution in [2.45, 2.75) is 35.1 Å². The fourth-order valence-electron chi connectivity index (χ4n) is 4.15.